The Morgan fingerprint density at radius 2 is 2.08 bits per heavy atom. The molecule has 0 radical (unpaired) electrons. The molecule has 1 saturated heterocycles. The number of benzene rings is 1. The van der Waals surface area contributed by atoms with Gasteiger partial charge in [-0.3, -0.25) is 9.10 Å². The summed E-state index contributed by atoms with van der Waals surface area (Å²) < 4.78 is 36.0. The van der Waals surface area contributed by atoms with Crippen LogP contribution in [0, 0.1) is 0 Å². The number of sulfonamides is 1. The van der Waals surface area contributed by atoms with Crippen LogP contribution in [0.4, 0.5) is 5.69 Å². The van der Waals surface area contributed by atoms with Gasteiger partial charge in [-0.2, -0.15) is 0 Å². The van der Waals surface area contributed by atoms with E-state index in [4.69, 9.17) is 9.47 Å². The van der Waals surface area contributed by atoms with Gasteiger partial charge < -0.3 is 14.8 Å². The number of ether oxygens (including phenoxy) is 2. The second-order valence-corrected chi connectivity index (χ2v) is 7.46. The van der Waals surface area contributed by atoms with Crippen LogP contribution in [0.3, 0.4) is 0 Å². The molecular formula is C16H24N2O5S. The fraction of sp³-hybridized carbons (Fsp3) is 0.562. The van der Waals surface area contributed by atoms with E-state index in [9.17, 15) is 13.2 Å². The van der Waals surface area contributed by atoms with Gasteiger partial charge in [0.15, 0.2) is 0 Å². The average molecular weight is 356 g/mol. The maximum absolute atomic E-state index is 12.0. The molecule has 8 heteroatoms. The minimum absolute atomic E-state index is 0.158. The molecule has 134 valence electrons. The third-order valence-corrected chi connectivity index (χ3v) is 4.87. The molecule has 1 aliphatic heterocycles. The third-order valence-electron chi connectivity index (χ3n) is 3.67. The van der Waals surface area contributed by atoms with Crippen molar-refractivity contribution in [3.05, 3.63) is 24.3 Å². The highest BCUT2D eigenvalue weighted by Gasteiger charge is 2.24. The lowest BCUT2D eigenvalue weighted by Crippen LogP contribution is -2.41. The van der Waals surface area contributed by atoms with Gasteiger partial charge in [0.2, 0.25) is 15.9 Å². The lowest BCUT2D eigenvalue weighted by atomic mass is 10.2. The number of amides is 1. The molecule has 0 aromatic heterocycles. The Morgan fingerprint density at radius 3 is 2.62 bits per heavy atom. The maximum Gasteiger partial charge on any atom is 0.249 e. The van der Waals surface area contributed by atoms with Crippen molar-refractivity contribution in [2.75, 3.05) is 36.9 Å². The van der Waals surface area contributed by atoms with Gasteiger partial charge in [-0.1, -0.05) is 0 Å². The zero-order valence-electron chi connectivity index (χ0n) is 14.0. The number of carbonyl (C=O) groups is 1. The van der Waals surface area contributed by atoms with Crippen molar-refractivity contribution in [2.24, 2.45) is 0 Å². The molecule has 7 nitrogen and oxygen atoms in total. The maximum atomic E-state index is 12.0. The zero-order chi connectivity index (χ0) is 17.6. The fourth-order valence-electron chi connectivity index (χ4n) is 2.54. The van der Waals surface area contributed by atoms with Crippen LogP contribution in [-0.2, 0) is 19.6 Å². The summed E-state index contributed by atoms with van der Waals surface area (Å²) in [5.74, 6) is 0.494. The summed E-state index contributed by atoms with van der Waals surface area (Å²) >= 11 is 0. The Bertz CT molecular complexity index is 639. The summed E-state index contributed by atoms with van der Waals surface area (Å²) in [4.78, 5) is 11.9. The molecule has 1 heterocycles. The average Bonchev–Trinajstić information content (AvgIpc) is 3.06. The van der Waals surface area contributed by atoms with Crippen LogP contribution in [0.2, 0.25) is 0 Å². The first kappa shape index (κ1) is 18.5. The molecule has 0 bridgehead atoms. The van der Waals surface area contributed by atoms with Gasteiger partial charge in [-0.05, 0) is 44.0 Å². The number of nitrogens with one attached hydrogen (secondary N) is 1. The van der Waals surface area contributed by atoms with Crippen LogP contribution in [0.5, 0.6) is 5.75 Å². The molecular weight excluding hydrogens is 332 g/mol. The number of hydrogen-bond donors (Lipinski definition) is 1. The summed E-state index contributed by atoms with van der Waals surface area (Å²) in [7, 11) is -3.45. The molecule has 1 fully saturated rings. The van der Waals surface area contributed by atoms with E-state index in [2.05, 4.69) is 5.32 Å². The number of nitrogens with zero attached hydrogens (tertiary/aromatic N) is 1. The Kier molecular flexibility index (Phi) is 6.44. The third kappa shape index (κ3) is 5.10. The van der Waals surface area contributed by atoms with Crippen LogP contribution < -0.4 is 14.4 Å². The first-order valence-corrected chi connectivity index (χ1v) is 9.86. The predicted molar refractivity (Wildman–Crippen MR) is 91.8 cm³/mol. The Morgan fingerprint density at radius 1 is 1.38 bits per heavy atom. The second kappa shape index (κ2) is 8.34. The van der Waals surface area contributed by atoms with Gasteiger partial charge in [0.1, 0.15) is 11.9 Å². The first-order valence-electron chi connectivity index (χ1n) is 8.01. The van der Waals surface area contributed by atoms with Gasteiger partial charge >= 0.3 is 0 Å². The van der Waals surface area contributed by atoms with Crippen LogP contribution in [0.1, 0.15) is 19.8 Å². The Balaban J connectivity index is 1.97. The van der Waals surface area contributed by atoms with E-state index in [1.165, 1.54) is 4.31 Å². The Hall–Kier alpha value is -1.80. The molecule has 1 aromatic rings. The van der Waals surface area contributed by atoms with Gasteiger partial charge in [-0.25, -0.2) is 8.42 Å². The summed E-state index contributed by atoms with van der Waals surface area (Å²) in [5.41, 5.74) is 0.535. The van der Waals surface area contributed by atoms with Gasteiger partial charge in [0, 0.05) is 13.2 Å². The number of hydrogen-bond acceptors (Lipinski definition) is 5. The highest BCUT2D eigenvalue weighted by Crippen LogP contribution is 2.21. The normalized spacial score (nSPS) is 17.5. The minimum atomic E-state index is -3.45. The van der Waals surface area contributed by atoms with Gasteiger partial charge in [0.25, 0.3) is 0 Å². The van der Waals surface area contributed by atoms with Crippen molar-refractivity contribution in [1.82, 2.24) is 5.32 Å². The molecule has 0 aliphatic carbocycles. The highest BCUT2D eigenvalue weighted by molar-refractivity contribution is 7.92. The molecule has 1 unspecified atom stereocenters. The lowest BCUT2D eigenvalue weighted by Gasteiger charge is -2.23. The smallest absolute Gasteiger partial charge is 0.249 e. The van der Waals surface area contributed by atoms with Crippen LogP contribution in [0.15, 0.2) is 24.3 Å². The Labute approximate surface area is 143 Å². The molecule has 1 aromatic carbocycles. The van der Waals surface area contributed by atoms with E-state index in [0.717, 1.165) is 12.7 Å². The first-order chi connectivity index (χ1) is 11.4. The van der Waals surface area contributed by atoms with Crippen molar-refractivity contribution < 1.29 is 22.7 Å². The quantitative estimate of drug-likeness (QED) is 0.755. The number of anilines is 1. The number of rotatable bonds is 8. The standard InChI is InChI=1S/C16H24N2O5S/c1-3-22-14-8-6-13(7-9-14)18(24(2,20)21)11-10-17-16(19)15-5-4-12-23-15/h6-9,15H,3-5,10-12H2,1-2H3,(H,17,19). The minimum Gasteiger partial charge on any atom is -0.494 e. The molecule has 1 amide bonds. The summed E-state index contributed by atoms with van der Waals surface area (Å²) in [6.07, 6.45) is 2.31. The van der Waals surface area contributed by atoms with Crippen molar-refractivity contribution in [3.8, 4) is 5.75 Å². The van der Waals surface area contributed by atoms with Crippen molar-refractivity contribution in [3.63, 3.8) is 0 Å². The van der Waals surface area contributed by atoms with E-state index in [1.54, 1.807) is 24.3 Å². The molecule has 0 spiro atoms. The van der Waals surface area contributed by atoms with E-state index in [1.807, 2.05) is 6.92 Å². The van der Waals surface area contributed by atoms with E-state index in [-0.39, 0.29) is 19.0 Å². The molecule has 1 N–H and O–H groups in total. The monoisotopic (exact) mass is 356 g/mol. The molecule has 1 aliphatic rings. The lowest BCUT2D eigenvalue weighted by molar-refractivity contribution is -0.129. The van der Waals surface area contributed by atoms with Gasteiger partial charge in [0.05, 0.1) is 25.1 Å². The molecule has 24 heavy (non-hydrogen) atoms. The summed E-state index contributed by atoms with van der Waals surface area (Å²) in [5, 5.41) is 2.73. The molecule has 1 atom stereocenters. The fourth-order valence-corrected chi connectivity index (χ4v) is 3.47. The van der Waals surface area contributed by atoms with Crippen LogP contribution in [-0.4, -0.2) is 53.0 Å². The van der Waals surface area contributed by atoms with Gasteiger partial charge in [-0.15, -0.1) is 0 Å². The van der Waals surface area contributed by atoms with Crippen LogP contribution >= 0.6 is 0 Å². The van der Waals surface area contributed by atoms with Crippen LogP contribution in [0.25, 0.3) is 0 Å². The number of carbonyl (C=O) groups excluding carboxylic acids is 1. The summed E-state index contributed by atoms with van der Waals surface area (Å²) in [6.45, 7) is 3.40. The molecule has 2 rings (SSSR count). The summed E-state index contributed by atoms with van der Waals surface area (Å²) in [6, 6.07) is 6.83. The van der Waals surface area contributed by atoms with Crippen molar-refractivity contribution in [1.29, 1.82) is 0 Å². The van der Waals surface area contributed by atoms with E-state index in [0.29, 0.717) is 31.1 Å². The topological polar surface area (TPSA) is 84.9 Å². The SMILES string of the molecule is CCOc1ccc(N(CCNC(=O)C2CCCO2)S(C)(=O)=O)cc1. The molecule has 0 saturated carbocycles. The van der Waals surface area contributed by atoms with Crippen molar-refractivity contribution in [2.45, 2.75) is 25.9 Å². The second-order valence-electron chi connectivity index (χ2n) is 5.55. The largest absolute Gasteiger partial charge is 0.494 e. The van der Waals surface area contributed by atoms with E-state index < -0.39 is 16.1 Å². The van der Waals surface area contributed by atoms with Crippen molar-refractivity contribution >= 4 is 21.6 Å². The predicted octanol–water partition coefficient (Wildman–Crippen LogP) is 1.15. The zero-order valence-corrected chi connectivity index (χ0v) is 14.8. The van der Waals surface area contributed by atoms with E-state index >= 15 is 0 Å². The highest BCUT2D eigenvalue weighted by atomic mass is 32.2.